The second-order valence-electron chi connectivity index (χ2n) is 3.67. The van der Waals surface area contributed by atoms with Crippen LogP contribution in [-0.2, 0) is 4.79 Å². The van der Waals surface area contributed by atoms with Crippen molar-refractivity contribution in [3.63, 3.8) is 0 Å². The highest BCUT2D eigenvalue weighted by Crippen LogP contribution is 2.33. The van der Waals surface area contributed by atoms with Gasteiger partial charge in [0, 0.05) is 0 Å². The van der Waals surface area contributed by atoms with Gasteiger partial charge < -0.3 is 11.1 Å². The van der Waals surface area contributed by atoms with Gasteiger partial charge in [-0.15, -0.1) is 0 Å². The topological polar surface area (TPSA) is 55.1 Å². The van der Waals surface area contributed by atoms with Gasteiger partial charge in [-0.25, -0.2) is 0 Å². The molecule has 0 heterocycles. The Labute approximate surface area is 115 Å². The number of benzene rings is 1. The Morgan fingerprint density at radius 2 is 2.06 bits per heavy atom. The van der Waals surface area contributed by atoms with Crippen molar-refractivity contribution < 1.29 is 4.79 Å². The monoisotopic (exact) mass is 290 g/mol. The summed E-state index contributed by atoms with van der Waals surface area (Å²) in [6.07, 6.45) is 0. The third kappa shape index (κ3) is 3.31. The van der Waals surface area contributed by atoms with Gasteiger partial charge in [0.25, 0.3) is 0 Å². The first kappa shape index (κ1) is 14.2. The Morgan fingerprint density at radius 3 is 2.59 bits per heavy atom. The second-order valence-corrected chi connectivity index (χ2v) is 4.92. The normalized spacial score (nSPS) is 12.0. The SMILES string of the molecule is Cc1ccc(Cl)c(NC(=O)C(C)C(N)=S)c1Cl. The van der Waals surface area contributed by atoms with Gasteiger partial charge in [-0.05, 0) is 25.5 Å². The van der Waals surface area contributed by atoms with E-state index in [4.69, 9.17) is 41.2 Å². The Morgan fingerprint density at radius 1 is 1.47 bits per heavy atom. The molecular formula is C11H12Cl2N2OS. The summed E-state index contributed by atoms with van der Waals surface area (Å²) in [5.41, 5.74) is 6.62. The fourth-order valence-corrected chi connectivity index (χ4v) is 1.70. The van der Waals surface area contributed by atoms with Crippen molar-refractivity contribution in [1.29, 1.82) is 0 Å². The average molecular weight is 291 g/mol. The van der Waals surface area contributed by atoms with Crippen molar-refractivity contribution in [2.24, 2.45) is 11.7 Å². The smallest absolute Gasteiger partial charge is 0.234 e. The Balaban J connectivity index is 3.00. The number of carbonyl (C=O) groups is 1. The summed E-state index contributed by atoms with van der Waals surface area (Å²) in [6.45, 7) is 3.45. The number of thiocarbonyl (C=S) groups is 1. The summed E-state index contributed by atoms with van der Waals surface area (Å²) >= 11 is 16.8. The molecule has 1 atom stereocenters. The molecule has 1 aromatic carbocycles. The van der Waals surface area contributed by atoms with Crippen molar-refractivity contribution in [2.75, 3.05) is 5.32 Å². The molecule has 1 unspecified atom stereocenters. The molecule has 6 heteroatoms. The van der Waals surface area contributed by atoms with Crippen molar-refractivity contribution >= 4 is 52.0 Å². The van der Waals surface area contributed by atoms with Crippen LogP contribution in [0.15, 0.2) is 12.1 Å². The highest BCUT2D eigenvalue weighted by molar-refractivity contribution is 7.80. The van der Waals surface area contributed by atoms with Crippen LogP contribution in [0.4, 0.5) is 5.69 Å². The number of carbonyl (C=O) groups excluding carboxylic acids is 1. The van der Waals surface area contributed by atoms with Crippen LogP contribution in [-0.4, -0.2) is 10.9 Å². The predicted octanol–water partition coefficient (Wildman–Crippen LogP) is 3.16. The van der Waals surface area contributed by atoms with E-state index in [0.29, 0.717) is 15.7 Å². The van der Waals surface area contributed by atoms with Crippen molar-refractivity contribution in [3.05, 3.63) is 27.7 Å². The zero-order chi connectivity index (χ0) is 13.2. The number of rotatable bonds is 3. The van der Waals surface area contributed by atoms with E-state index in [9.17, 15) is 4.79 Å². The van der Waals surface area contributed by atoms with Gasteiger partial charge in [0.15, 0.2) is 0 Å². The molecule has 1 rings (SSSR count). The van der Waals surface area contributed by atoms with Crippen LogP contribution in [0.5, 0.6) is 0 Å². The van der Waals surface area contributed by atoms with Gasteiger partial charge in [-0.1, -0.05) is 41.5 Å². The van der Waals surface area contributed by atoms with Crippen molar-refractivity contribution in [2.45, 2.75) is 13.8 Å². The maximum Gasteiger partial charge on any atom is 0.234 e. The van der Waals surface area contributed by atoms with Crippen LogP contribution in [0.3, 0.4) is 0 Å². The van der Waals surface area contributed by atoms with Crippen LogP contribution in [0.2, 0.25) is 10.0 Å². The van der Waals surface area contributed by atoms with E-state index >= 15 is 0 Å². The molecule has 3 nitrogen and oxygen atoms in total. The van der Waals surface area contributed by atoms with Gasteiger partial charge in [-0.2, -0.15) is 0 Å². The molecule has 0 saturated heterocycles. The standard InChI is InChI=1S/C11H12Cl2N2OS/c1-5-3-4-7(12)9(8(5)13)15-11(16)6(2)10(14)17/h3-4,6H,1-2H3,(H2,14,17)(H,15,16). The molecule has 1 aromatic rings. The molecule has 0 fully saturated rings. The molecule has 0 saturated carbocycles. The predicted molar refractivity (Wildman–Crippen MR) is 75.8 cm³/mol. The van der Waals surface area contributed by atoms with Crippen molar-refractivity contribution in [1.82, 2.24) is 0 Å². The Kier molecular flexibility index (Phi) is 4.74. The molecule has 0 bridgehead atoms. The van der Waals surface area contributed by atoms with Gasteiger partial charge in [0.1, 0.15) is 0 Å². The quantitative estimate of drug-likeness (QED) is 0.841. The van der Waals surface area contributed by atoms with Crippen LogP contribution in [0, 0.1) is 12.8 Å². The number of nitrogens with two attached hydrogens (primary N) is 1. The third-order valence-electron chi connectivity index (χ3n) is 2.35. The first-order chi connectivity index (χ1) is 7.84. The number of amides is 1. The number of hydrogen-bond acceptors (Lipinski definition) is 2. The fraction of sp³-hybridized carbons (Fsp3) is 0.273. The molecule has 1 amide bonds. The largest absolute Gasteiger partial charge is 0.393 e. The van der Waals surface area contributed by atoms with Crippen LogP contribution >= 0.6 is 35.4 Å². The molecule has 0 radical (unpaired) electrons. The lowest BCUT2D eigenvalue weighted by molar-refractivity contribution is -0.117. The van der Waals surface area contributed by atoms with E-state index in [1.807, 2.05) is 6.92 Å². The summed E-state index contributed by atoms with van der Waals surface area (Å²) < 4.78 is 0. The van der Waals surface area contributed by atoms with Gasteiger partial charge in [-0.3, -0.25) is 4.79 Å². The number of nitrogens with one attached hydrogen (secondary N) is 1. The lowest BCUT2D eigenvalue weighted by Gasteiger charge is -2.14. The molecular weight excluding hydrogens is 279 g/mol. The molecule has 0 aliphatic carbocycles. The highest BCUT2D eigenvalue weighted by atomic mass is 35.5. The molecule has 0 aliphatic heterocycles. The third-order valence-corrected chi connectivity index (χ3v) is 3.51. The molecule has 0 aromatic heterocycles. The summed E-state index contributed by atoms with van der Waals surface area (Å²) in [7, 11) is 0. The Bertz CT molecular complexity index is 477. The number of anilines is 1. The van der Waals surface area contributed by atoms with E-state index < -0.39 is 5.92 Å². The van der Waals surface area contributed by atoms with E-state index in [0.717, 1.165) is 5.56 Å². The molecule has 92 valence electrons. The maximum atomic E-state index is 11.8. The minimum Gasteiger partial charge on any atom is -0.393 e. The summed E-state index contributed by atoms with van der Waals surface area (Å²) in [6, 6.07) is 3.45. The average Bonchev–Trinajstić information content (AvgIpc) is 2.28. The zero-order valence-electron chi connectivity index (χ0n) is 9.38. The van der Waals surface area contributed by atoms with E-state index in [2.05, 4.69) is 5.32 Å². The number of aryl methyl sites for hydroxylation is 1. The summed E-state index contributed by atoms with van der Waals surface area (Å²) in [4.78, 5) is 11.9. The lowest BCUT2D eigenvalue weighted by atomic mass is 10.1. The van der Waals surface area contributed by atoms with E-state index in [1.165, 1.54) is 0 Å². The van der Waals surface area contributed by atoms with Crippen molar-refractivity contribution in [3.8, 4) is 0 Å². The minimum absolute atomic E-state index is 0.127. The molecule has 17 heavy (non-hydrogen) atoms. The molecule has 0 aliphatic rings. The van der Waals surface area contributed by atoms with Crippen LogP contribution in [0.25, 0.3) is 0 Å². The summed E-state index contributed by atoms with van der Waals surface area (Å²) in [5.74, 6) is -0.899. The number of halogens is 2. The van der Waals surface area contributed by atoms with Gasteiger partial charge in [0.05, 0.1) is 26.6 Å². The lowest BCUT2D eigenvalue weighted by Crippen LogP contribution is -2.31. The first-order valence-corrected chi connectivity index (χ1v) is 6.05. The van der Waals surface area contributed by atoms with E-state index in [-0.39, 0.29) is 10.9 Å². The first-order valence-electron chi connectivity index (χ1n) is 4.89. The van der Waals surface area contributed by atoms with Gasteiger partial charge >= 0.3 is 0 Å². The number of hydrogen-bond donors (Lipinski definition) is 2. The Hall–Kier alpha value is -0.840. The van der Waals surface area contributed by atoms with Crippen LogP contribution in [0.1, 0.15) is 12.5 Å². The minimum atomic E-state index is -0.572. The zero-order valence-corrected chi connectivity index (χ0v) is 11.7. The van der Waals surface area contributed by atoms with Crippen LogP contribution < -0.4 is 11.1 Å². The van der Waals surface area contributed by atoms with Gasteiger partial charge in [0.2, 0.25) is 5.91 Å². The molecule has 0 spiro atoms. The van der Waals surface area contributed by atoms with E-state index in [1.54, 1.807) is 19.1 Å². The highest BCUT2D eigenvalue weighted by Gasteiger charge is 2.18. The fourth-order valence-electron chi connectivity index (χ4n) is 1.13. The second kappa shape index (κ2) is 5.67. The maximum absolute atomic E-state index is 11.8. The summed E-state index contributed by atoms with van der Waals surface area (Å²) in [5, 5.41) is 3.43. The molecule has 3 N–H and O–H groups in total.